The highest BCUT2D eigenvalue weighted by Gasteiger charge is 2.30. The van der Waals surface area contributed by atoms with Crippen molar-refractivity contribution < 1.29 is 33.0 Å². The van der Waals surface area contributed by atoms with Gasteiger partial charge in [0.1, 0.15) is 5.78 Å². The number of ketones is 3. The zero-order valence-corrected chi connectivity index (χ0v) is 16.2. The molecule has 150 valence electrons. The Hall–Kier alpha value is -2.12. The molecule has 0 heterocycles. The van der Waals surface area contributed by atoms with Crippen molar-refractivity contribution in [3.05, 3.63) is 29.6 Å². The van der Waals surface area contributed by atoms with Crippen molar-refractivity contribution in [1.82, 2.24) is 0 Å². The van der Waals surface area contributed by atoms with Gasteiger partial charge < -0.3 is 14.2 Å². The normalized spacial score (nSPS) is 12.1. The van der Waals surface area contributed by atoms with Crippen LogP contribution in [-0.4, -0.2) is 43.5 Å². The van der Waals surface area contributed by atoms with Crippen LogP contribution in [0, 0.1) is 11.7 Å². The minimum Gasteiger partial charge on any atom is -0.490 e. The summed E-state index contributed by atoms with van der Waals surface area (Å²) >= 11 is 0. The summed E-state index contributed by atoms with van der Waals surface area (Å²) < 4.78 is 29.7. The maximum Gasteiger partial charge on any atom is 0.218 e. The highest BCUT2D eigenvalue weighted by molar-refractivity contribution is 6.02. The third-order valence-corrected chi connectivity index (χ3v) is 3.93. The van der Waals surface area contributed by atoms with E-state index >= 15 is 0 Å². The van der Waals surface area contributed by atoms with Crippen LogP contribution >= 0.6 is 0 Å². The van der Waals surface area contributed by atoms with E-state index in [1.165, 1.54) is 32.0 Å². The average Bonchev–Trinajstić information content (AvgIpc) is 2.61. The van der Waals surface area contributed by atoms with Gasteiger partial charge >= 0.3 is 0 Å². The second-order valence-corrected chi connectivity index (χ2v) is 6.00. The summed E-state index contributed by atoms with van der Waals surface area (Å²) in [6.07, 6.45) is -0.483. The Balaban J connectivity index is 2.66. The highest BCUT2D eigenvalue weighted by Crippen LogP contribution is 2.20. The number of hydrogen-bond donors (Lipinski definition) is 0. The minimum atomic E-state index is -1.07. The summed E-state index contributed by atoms with van der Waals surface area (Å²) in [6.45, 7) is 6.87. The zero-order valence-electron chi connectivity index (χ0n) is 16.2. The van der Waals surface area contributed by atoms with Crippen LogP contribution in [0.2, 0.25) is 0 Å². The summed E-state index contributed by atoms with van der Waals surface area (Å²) in [7, 11) is 0. The molecule has 0 bridgehead atoms. The first-order chi connectivity index (χ1) is 12.8. The van der Waals surface area contributed by atoms with E-state index < -0.39 is 23.8 Å². The first-order valence-corrected chi connectivity index (χ1v) is 9.02. The first kappa shape index (κ1) is 22.9. The molecule has 0 spiro atoms. The van der Waals surface area contributed by atoms with E-state index in [-0.39, 0.29) is 43.6 Å². The molecule has 0 aromatic heterocycles. The molecule has 6 nitrogen and oxygen atoms in total. The van der Waals surface area contributed by atoms with E-state index in [0.29, 0.717) is 12.0 Å². The van der Waals surface area contributed by atoms with Gasteiger partial charge in [0.05, 0.1) is 12.5 Å². The molecule has 0 aliphatic rings. The van der Waals surface area contributed by atoms with E-state index in [1.807, 2.05) is 0 Å². The predicted molar refractivity (Wildman–Crippen MR) is 97.4 cm³/mol. The van der Waals surface area contributed by atoms with Gasteiger partial charge in [-0.3, -0.25) is 14.4 Å². The van der Waals surface area contributed by atoms with Crippen LogP contribution in [0.15, 0.2) is 18.2 Å². The smallest absolute Gasteiger partial charge is 0.218 e. The molecule has 0 saturated carbocycles. The molecule has 1 rings (SSSR count). The van der Waals surface area contributed by atoms with Crippen molar-refractivity contribution in [3.8, 4) is 5.75 Å². The minimum absolute atomic E-state index is 0.0325. The zero-order chi connectivity index (χ0) is 20.4. The van der Waals surface area contributed by atoms with Gasteiger partial charge in [0, 0.05) is 18.8 Å². The van der Waals surface area contributed by atoms with Gasteiger partial charge in [0.15, 0.2) is 23.1 Å². The lowest BCUT2D eigenvalue weighted by atomic mass is 9.94. The number of rotatable bonds is 13. The fourth-order valence-corrected chi connectivity index (χ4v) is 2.53. The van der Waals surface area contributed by atoms with Crippen LogP contribution < -0.4 is 4.74 Å². The fourth-order valence-electron chi connectivity index (χ4n) is 2.53. The molecule has 1 aromatic carbocycles. The van der Waals surface area contributed by atoms with Gasteiger partial charge in [0.2, 0.25) is 6.29 Å². The lowest BCUT2D eigenvalue weighted by Crippen LogP contribution is -2.36. The predicted octanol–water partition coefficient (Wildman–Crippen LogP) is 3.36. The number of carbonyl (C=O) groups is 3. The Bertz CT molecular complexity index is 652. The van der Waals surface area contributed by atoms with E-state index in [4.69, 9.17) is 14.2 Å². The quantitative estimate of drug-likeness (QED) is 0.225. The lowest BCUT2D eigenvalue weighted by molar-refractivity contribution is -0.173. The Labute approximate surface area is 159 Å². The van der Waals surface area contributed by atoms with Gasteiger partial charge in [-0.15, -0.1) is 0 Å². The number of benzene rings is 1. The van der Waals surface area contributed by atoms with Gasteiger partial charge in [-0.1, -0.05) is 0 Å². The molecule has 0 aliphatic carbocycles. The number of halogens is 1. The van der Waals surface area contributed by atoms with Gasteiger partial charge in [-0.05, 0) is 58.7 Å². The maximum absolute atomic E-state index is 13.8. The summed E-state index contributed by atoms with van der Waals surface area (Å²) in [6, 6.07) is 3.89. The summed E-state index contributed by atoms with van der Waals surface area (Å²) in [5, 5.41) is 0. The van der Waals surface area contributed by atoms with Crippen molar-refractivity contribution in [2.24, 2.45) is 5.92 Å². The molecule has 27 heavy (non-hydrogen) atoms. The largest absolute Gasteiger partial charge is 0.490 e. The summed E-state index contributed by atoms with van der Waals surface area (Å²) in [4.78, 5) is 35.7. The van der Waals surface area contributed by atoms with Crippen LogP contribution in [0.25, 0.3) is 0 Å². The fraction of sp³-hybridized carbons (Fsp3) is 0.550. The molecule has 0 saturated heterocycles. The van der Waals surface area contributed by atoms with Crippen LogP contribution in [-0.2, 0) is 19.1 Å². The van der Waals surface area contributed by atoms with Gasteiger partial charge in [-0.25, -0.2) is 4.39 Å². The van der Waals surface area contributed by atoms with Crippen LogP contribution in [0.4, 0.5) is 4.39 Å². The summed E-state index contributed by atoms with van der Waals surface area (Å²) in [5.41, 5.74) is 0.347. The van der Waals surface area contributed by atoms with E-state index in [0.717, 1.165) is 0 Å². The molecular formula is C20H27FO6. The molecule has 0 amide bonds. The topological polar surface area (TPSA) is 78.9 Å². The number of hydrogen-bond acceptors (Lipinski definition) is 6. The monoisotopic (exact) mass is 382 g/mol. The molecular weight excluding hydrogens is 355 g/mol. The lowest BCUT2D eigenvalue weighted by Gasteiger charge is -2.20. The SMILES string of the molecule is CCOC(OCC)C(=O)C(CCCOc1cc(C(C)=O)ccc1F)C(C)=O. The van der Waals surface area contributed by atoms with Crippen LogP contribution in [0.1, 0.15) is 50.9 Å². The molecule has 0 radical (unpaired) electrons. The third-order valence-electron chi connectivity index (χ3n) is 3.93. The van der Waals surface area contributed by atoms with Crippen LogP contribution in [0.5, 0.6) is 5.75 Å². The third kappa shape index (κ3) is 7.19. The second-order valence-electron chi connectivity index (χ2n) is 6.00. The number of Topliss-reactive ketones (excluding diaryl/α,β-unsaturated/α-hetero) is 3. The molecule has 0 N–H and O–H groups in total. The van der Waals surface area contributed by atoms with E-state index in [9.17, 15) is 18.8 Å². The van der Waals surface area contributed by atoms with Crippen LogP contribution in [0.3, 0.4) is 0 Å². The molecule has 0 aliphatic heterocycles. The molecule has 0 fully saturated rings. The maximum atomic E-state index is 13.8. The van der Waals surface area contributed by atoms with E-state index in [1.54, 1.807) is 13.8 Å². The van der Waals surface area contributed by atoms with Gasteiger partial charge in [0.25, 0.3) is 0 Å². The van der Waals surface area contributed by atoms with E-state index in [2.05, 4.69) is 0 Å². The Morgan fingerprint density at radius 2 is 1.70 bits per heavy atom. The molecule has 1 atom stereocenters. The molecule has 1 unspecified atom stereocenters. The van der Waals surface area contributed by atoms with Crippen molar-refractivity contribution in [2.75, 3.05) is 19.8 Å². The van der Waals surface area contributed by atoms with Gasteiger partial charge in [-0.2, -0.15) is 0 Å². The number of ether oxygens (including phenoxy) is 3. The number of carbonyl (C=O) groups excluding carboxylic acids is 3. The Kier molecular flexibility index (Phi) is 9.82. The van der Waals surface area contributed by atoms with Crippen molar-refractivity contribution in [3.63, 3.8) is 0 Å². The molecule has 1 aromatic rings. The first-order valence-electron chi connectivity index (χ1n) is 9.02. The standard InChI is InChI=1S/C20H27FO6/c1-5-25-20(26-6-2)19(24)16(14(4)23)8-7-11-27-18-12-15(13(3)22)9-10-17(18)21/h9-10,12,16,20H,5-8,11H2,1-4H3. The highest BCUT2D eigenvalue weighted by atomic mass is 19.1. The van der Waals surface area contributed by atoms with Crippen molar-refractivity contribution >= 4 is 17.3 Å². The Morgan fingerprint density at radius 3 is 2.22 bits per heavy atom. The Morgan fingerprint density at radius 1 is 1.07 bits per heavy atom. The molecule has 7 heteroatoms. The average molecular weight is 382 g/mol. The van der Waals surface area contributed by atoms with Crippen molar-refractivity contribution in [1.29, 1.82) is 0 Å². The van der Waals surface area contributed by atoms with Crippen molar-refractivity contribution in [2.45, 2.75) is 46.8 Å². The second kappa shape index (κ2) is 11.6. The summed E-state index contributed by atoms with van der Waals surface area (Å²) in [5.74, 6) is -2.38.